The summed E-state index contributed by atoms with van der Waals surface area (Å²) in [6.45, 7) is 1.45. The van der Waals surface area contributed by atoms with Crippen molar-refractivity contribution in [1.29, 1.82) is 0 Å². The number of fused-ring (bicyclic) bond motifs is 1. The van der Waals surface area contributed by atoms with Crippen molar-refractivity contribution < 1.29 is 13.8 Å². The third kappa shape index (κ3) is 1.87. The van der Waals surface area contributed by atoms with Crippen LogP contribution < -0.4 is 0 Å². The summed E-state index contributed by atoms with van der Waals surface area (Å²) < 4.78 is 16.1. The predicted octanol–water partition coefficient (Wildman–Crippen LogP) is 2.11. The van der Waals surface area contributed by atoms with Gasteiger partial charge in [-0.25, -0.2) is 0 Å². The van der Waals surface area contributed by atoms with Crippen molar-refractivity contribution in [2.45, 2.75) is 38.0 Å². The summed E-state index contributed by atoms with van der Waals surface area (Å²) in [6, 6.07) is 0. The zero-order valence-corrected chi connectivity index (χ0v) is 10.6. The van der Waals surface area contributed by atoms with Crippen LogP contribution in [0.2, 0.25) is 0 Å². The molecule has 0 saturated carbocycles. The number of ether oxygens (including phenoxy) is 1. The topological polar surface area (TPSA) is 74.2 Å². The maximum Gasteiger partial charge on any atom is 0.280 e. The maximum absolute atomic E-state index is 5.37. The molecule has 0 unspecified atom stereocenters. The van der Waals surface area contributed by atoms with Gasteiger partial charge >= 0.3 is 0 Å². The fourth-order valence-corrected chi connectivity index (χ4v) is 2.79. The third-order valence-electron chi connectivity index (χ3n) is 3.89. The molecule has 19 heavy (non-hydrogen) atoms. The molecule has 100 valence electrons. The number of aromatic nitrogens is 3. The Labute approximate surface area is 110 Å². The molecule has 1 fully saturated rings. The van der Waals surface area contributed by atoms with Crippen LogP contribution in [0, 0.1) is 0 Å². The summed E-state index contributed by atoms with van der Waals surface area (Å²) in [7, 11) is 0. The lowest BCUT2D eigenvalue weighted by Gasteiger charge is -2.07. The molecule has 0 amide bonds. The Morgan fingerprint density at radius 2 is 2.00 bits per heavy atom. The Balaban J connectivity index is 1.67. The van der Waals surface area contributed by atoms with Crippen LogP contribution in [0.1, 0.15) is 42.3 Å². The molecule has 0 bridgehead atoms. The van der Waals surface area contributed by atoms with Crippen molar-refractivity contribution in [2.24, 2.45) is 0 Å². The van der Waals surface area contributed by atoms with Gasteiger partial charge in [-0.05, 0) is 25.7 Å². The normalized spacial score (nSPS) is 22.6. The number of hydrogen-bond acceptors (Lipinski definition) is 6. The van der Waals surface area contributed by atoms with Crippen molar-refractivity contribution in [3.63, 3.8) is 0 Å². The summed E-state index contributed by atoms with van der Waals surface area (Å²) >= 11 is 0. The first-order valence-electron chi connectivity index (χ1n) is 6.81. The number of nitrogens with zero attached hydrogens (tertiary/aromatic N) is 3. The molecule has 1 aliphatic carbocycles. The molecule has 1 aliphatic heterocycles. The van der Waals surface area contributed by atoms with Crippen molar-refractivity contribution in [3.8, 4) is 11.6 Å². The van der Waals surface area contributed by atoms with E-state index in [1.54, 1.807) is 0 Å². The van der Waals surface area contributed by atoms with Gasteiger partial charge in [-0.2, -0.15) is 4.98 Å². The molecule has 2 aliphatic rings. The first-order chi connectivity index (χ1) is 9.42. The summed E-state index contributed by atoms with van der Waals surface area (Å²) in [5.74, 6) is 2.43. The minimum Gasteiger partial charge on any atom is -0.381 e. The molecule has 0 radical (unpaired) electrons. The van der Waals surface area contributed by atoms with Crippen molar-refractivity contribution in [1.82, 2.24) is 15.3 Å². The van der Waals surface area contributed by atoms with Crippen LogP contribution in [0.15, 0.2) is 9.05 Å². The zero-order valence-electron chi connectivity index (χ0n) is 10.6. The second-order valence-corrected chi connectivity index (χ2v) is 5.16. The zero-order chi connectivity index (χ0) is 12.7. The first kappa shape index (κ1) is 11.2. The van der Waals surface area contributed by atoms with Gasteiger partial charge in [-0.15, -0.1) is 0 Å². The second-order valence-electron chi connectivity index (χ2n) is 5.16. The smallest absolute Gasteiger partial charge is 0.280 e. The van der Waals surface area contributed by atoms with Gasteiger partial charge in [0, 0.05) is 24.5 Å². The van der Waals surface area contributed by atoms with E-state index in [2.05, 4.69) is 15.3 Å². The van der Waals surface area contributed by atoms with Gasteiger partial charge in [-0.3, -0.25) is 0 Å². The van der Waals surface area contributed by atoms with Gasteiger partial charge in [0.1, 0.15) is 5.76 Å². The minimum atomic E-state index is 0.250. The minimum absolute atomic E-state index is 0.250. The molecule has 1 saturated heterocycles. The Bertz CT molecular complexity index is 584. The van der Waals surface area contributed by atoms with Crippen molar-refractivity contribution >= 4 is 0 Å². The van der Waals surface area contributed by atoms with Crippen LogP contribution in [0.25, 0.3) is 11.6 Å². The van der Waals surface area contributed by atoms with Crippen LogP contribution in [0.4, 0.5) is 0 Å². The van der Waals surface area contributed by atoms with Gasteiger partial charge in [0.05, 0.1) is 6.61 Å². The molecule has 0 N–H and O–H groups in total. The average molecular weight is 261 g/mol. The summed E-state index contributed by atoms with van der Waals surface area (Å²) in [4.78, 5) is 4.46. The fraction of sp³-hybridized carbons (Fsp3) is 0.615. The highest BCUT2D eigenvalue weighted by atomic mass is 16.5. The van der Waals surface area contributed by atoms with E-state index >= 15 is 0 Å². The number of rotatable bonds is 2. The quantitative estimate of drug-likeness (QED) is 0.824. The summed E-state index contributed by atoms with van der Waals surface area (Å²) in [6.07, 6.45) is 5.23. The Morgan fingerprint density at radius 1 is 1.05 bits per heavy atom. The Kier molecular flexibility index (Phi) is 2.61. The van der Waals surface area contributed by atoms with Crippen LogP contribution >= 0.6 is 0 Å². The van der Waals surface area contributed by atoms with E-state index < -0.39 is 0 Å². The van der Waals surface area contributed by atoms with E-state index in [-0.39, 0.29) is 5.92 Å². The third-order valence-corrected chi connectivity index (χ3v) is 3.89. The van der Waals surface area contributed by atoms with E-state index in [1.165, 1.54) is 6.42 Å². The molecule has 1 atom stereocenters. The SMILES string of the molecule is C1CCc2c(-c3nc([C@H]4CCOC4)no3)noc2C1. The molecule has 4 rings (SSSR count). The molecule has 2 aromatic rings. The highest BCUT2D eigenvalue weighted by molar-refractivity contribution is 5.54. The maximum atomic E-state index is 5.37. The summed E-state index contributed by atoms with van der Waals surface area (Å²) in [5, 5.41) is 8.16. The molecule has 6 heteroatoms. The lowest BCUT2D eigenvalue weighted by molar-refractivity contribution is 0.192. The monoisotopic (exact) mass is 261 g/mol. The molecule has 3 heterocycles. The highest BCUT2D eigenvalue weighted by Crippen LogP contribution is 2.31. The predicted molar refractivity (Wildman–Crippen MR) is 64.6 cm³/mol. The van der Waals surface area contributed by atoms with Gasteiger partial charge < -0.3 is 13.8 Å². The molecular weight excluding hydrogens is 246 g/mol. The van der Waals surface area contributed by atoms with Crippen molar-refractivity contribution in [3.05, 3.63) is 17.1 Å². The van der Waals surface area contributed by atoms with E-state index in [4.69, 9.17) is 13.8 Å². The Morgan fingerprint density at radius 3 is 2.89 bits per heavy atom. The van der Waals surface area contributed by atoms with E-state index in [1.807, 2.05) is 0 Å². The average Bonchev–Trinajstić information content (AvgIpc) is 3.18. The standard InChI is InChI=1S/C13H15N3O3/c1-2-4-10-9(3-1)11(15-18-10)13-14-12(16-19-13)8-5-6-17-7-8/h8H,1-7H2/t8-/m0/s1. The van der Waals surface area contributed by atoms with Crippen molar-refractivity contribution in [2.75, 3.05) is 13.2 Å². The van der Waals surface area contributed by atoms with E-state index in [9.17, 15) is 0 Å². The lowest BCUT2D eigenvalue weighted by atomic mass is 9.96. The highest BCUT2D eigenvalue weighted by Gasteiger charge is 2.27. The second kappa shape index (κ2) is 4.45. The fourth-order valence-electron chi connectivity index (χ4n) is 2.79. The van der Waals surface area contributed by atoms with Gasteiger partial charge in [0.25, 0.3) is 5.89 Å². The van der Waals surface area contributed by atoms with Crippen LogP contribution in [-0.4, -0.2) is 28.5 Å². The molecular formula is C13H15N3O3. The van der Waals surface area contributed by atoms with Crippen LogP contribution in [0.3, 0.4) is 0 Å². The molecule has 2 aromatic heterocycles. The van der Waals surface area contributed by atoms with E-state index in [0.717, 1.165) is 55.1 Å². The molecule has 0 aromatic carbocycles. The van der Waals surface area contributed by atoms with Gasteiger partial charge in [0.2, 0.25) is 0 Å². The number of aryl methyl sites for hydroxylation is 1. The number of hydrogen-bond donors (Lipinski definition) is 0. The van der Waals surface area contributed by atoms with Gasteiger partial charge in [0.15, 0.2) is 11.5 Å². The largest absolute Gasteiger partial charge is 0.381 e. The first-order valence-corrected chi connectivity index (χ1v) is 6.81. The Hall–Kier alpha value is -1.69. The van der Waals surface area contributed by atoms with Gasteiger partial charge in [-0.1, -0.05) is 10.3 Å². The van der Waals surface area contributed by atoms with E-state index in [0.29, 0.717) is 12.5 Å². The summed E-state index contributed by atoms with van der Waals surface area (Å²) in [5.41, 5.74) is 1.87. The lowest BCUT2D eigenvalue weighted by Crippen LogP contribution is -2.01. The van der Waals surface area contributed by atoms with Crippen LogP contribution in [0.5, 0.6) is 0 Å². The molecule has 0 spiro atoms. The van der Waals surface area contributed by atoms with Crippen LogP contribution in [-0.2, 0) is 17.6 Å². The molecule has 6 nitrogen and oxygen atoms in total.